The first kappa shape index (κ1) is 12.8. The van der Waals surface area contributed by atoms with Gasteiger partial charge in [0, 0.05) is 18.6 Å². The van der Waals surface area contributed by atoms with Crippen LogP contribution in [0, 0.1) is 5.41 Å². The average Bonchev–Trinajstić information content (AvgIpc) is 2.25. The molecule has 0 bridgehead atoms. The lowest BCUT2D eigenvalue weighted by Crippen LogP contribution is -2.33. The minimum absolute atomic E-state index is 0.0341. The Labute approximate surface area is 100.0 Å². The monoisotopic (exact) mass is 247 g/mol. The Bertz CT molecular complexity index is 337. The van der Waals surface area contributed by atoms with Gasteiger partial charge in [0.25, 0.3) is 0 Å². The minimum Gasteiger partial charge on any atom is -0.396 e. The number of hydrogen-bond acceptors (Lipinski definition) is 2. The zero-order valence-electron chi connectivity index (χ0n) is 8.63. The summed E-state index contributed by atoms with van der Waals surface area (Å²) in [7, 11) is 0. The third-order valence-electron chi connectivity index (χ3n) is 2.52. The summed E-state index contributed by atoms with van der Waals surface area (Å²) in [5, 5.41) is 10.3. The van der Waals surface area contributed by atoms with E-state index in [0.717, 1.165) is 5.56 Å². The standard InChI is InChI=1S/C11H15Cl2NO/c1-11(6-14,7-15)5-8-3-2-4-9(12)10(8)13/h2-4,15H,5-7,14H2,1H3. The van der Waals surface area contributed by atoms with Crippen molar-refractivity contribution in [1.29, 1.82) is 0 Å². The number of hydrogen-bond donors (Lipinski definition) is 2. The highest BCUT2D eigenvalue weighted by molar-refractivity contribution is 6.42. The van der Waals surface area contributed by atoms with Crippen molar-refractivity contribution in [3.8, 4) is 0 Å². The zero-order valence-corrected chi connectivity index (χ0v) is 10.1. The predicted molar refractivity (Wildman–Crippen MR) is 64.4 cm³/mol. The van der Waals surface area contributed by atoms with E-state index in [-0.39, 0.29) is 12.0 Å². The molecule has 0 aliphatic rings. The fourth-order valence-corrected chi connectivity index (χ4v) is 1.72. The van der Waals surface area contributed by atoms with Crippen LogP contribution in [0.5, 0.6) is 0 Å². The van der Waals surface area contributed by atoms with E-state index in [1.54, 1.807) is 6.07 Å². The molecule has 0 heterocycles. The van der Waals surface area contributed by atoms with Crippen LogP contribution in [0.15, 0.2) is 18.2 Å². The number of benzene rings is 1. The molecule has 1 atom stereocenters. The van der Waals surface area contributed by atoms with Crippen LogP contribution in [0.4, 0.5) is 0 Å². The number of nitrogens with two attached hydrogens (primary N) is 1. The van der Waals surface area contributed by atoms with Gasteiger partial charge in [0.2, 0.25) is 0 Å². The van der Waals surface area contributed by atoms with Crippen LogP contribution < -0.4 is 5.73 Å². The molecule has 2 nitrogen and oxygen atoms in total. The van der Waals surface area contributed by atoms with E-state index in [9.17, 15) is 5.11 Å². The average molecular weight is 248 g/mol. The summed E-state index contributed by atoms with van der Waals surface area (Å²) in [5.74, 6) is 0. The molecule has 1 rings (SSSR count). The lowest BCUT2D eigenvalue weighted by atomic mass is 9.84. The molecule has 0 spiro atoms. The largest absolute Gasteiger partial charge is 0.396 e. The van der Waals surface area contributed by atoms with Crippen LogP contribution in [-0.4, -0.2) is 18.3 Å². The van der Waals surface area contributed by atoms with Crippen molar-refractivity contribution < 1.29 is 5.11 Å². The van der Waals surface area contributed by atoms with E-state index in [1.165, 1.54) is 0 Å². The molecule has 3 N–H and O–H groups in total. The van der Waals surface area contributed by atoms with Gasteiger partial charge in [0.05, 0.1) is 10.0 Å². The second-order valence-electron chi connectivity index (χ2n) is 4.06. The Morgan fingerprint density at radius 3 is 2.60 bits per heavy atom. The lowest BCUT2D eigenvalue weighted by molar-refractivity contribution is 0.149. The van der Waals surface area contributed by atoms with E-state index in [0.29, 0.717) is 23.0 Å². The van der Waals surface area contributed by atoms with E-state index in [4.69, 9.17) is 28.9 Å². The quantitative estimate of drug-likeness (QED) is 0.859. The Morgan fingerprint density at radius 1 is 1.40 bits per heavy atom. The normalized spacial score (nSPS) is 15.0. The van der Waals surface area contributed by atoms with E-state index < -0.39 is 0 Å². The molecule has 0 aromatic heterocycles. The zero-order chi connectivity index (χ0) is 11.5. The molecule has 0 saturated carbocycles. The van der Waals surface area contributed by atoms with Gasteiger partial charge in [-0.15, -0.1) is 0 Å². The van der Waals surface area contributed by atoms with Crippen LogP contribution in [0.1, 0.15) is 12.5 Å². The molecular formula is C11H15Cl2NO. The van der Waals surface area contributed by atoms with Crippen molar-refractivity contribution in [2.75, 3.05) is 13.2 Å². The first-order valence-electron chi connectivity index (χ1n) is 4.76. The summed E-state index contributed by atoms with van der Waals surface area (Å²) in [6.07, 6.45) is 0.624. The molecule has 0 fully saturated rings. The first-order valence-corrected chi connectivity index (χ1v) is 5.52. The molecule has 1 aromatic carbocycles. The molecule has 0 saturated heterocycles. The summed E-state index contributed by atoms with van der Waals surface area (Å²) in [5.41, 5.74) is 6.20. The maximum absolute atomic E-state index is 9.25. The predicted octanol–water partition coefficient (Wildman–Crippen LogP) is 2.49. The van der Waals surface area contributed by atoms with Crippen LogP contribution in [0.2, 0.25) is 10.0 Å². The number of halogens is 2. The highest BCUT2D eigenvalue weighted by Gasteiger charge is 2.23. The second kappa shape index (κ2) is 5.17. The topological polar surface area (TPSA) is 46.2 Å². The van der Waals surface area contributed by atoms with Gasteiger partial charge in [-0.05, 0) is 18.1 Å². The van der Waals surface area contributed by atoms with Crippen molar-refractivity contribution in [3.63, 3.8) is 0 Å². The Morgan fingerprint density at radius 2 is 2.07 bits per heavy atom. The SMILES string of the molecule is CC(CN)(CO)Cc1cccc(Cl)c1Cl. The summed E-state index contributed by atoms with van der Waals surface area (Å²) in [6, 6.07) is 5.49. The van der Waals surface area contributed by atoms with Crippen LogP contribution in [0.25, 0.3) is 0 Å². The highest BCUT2D eigenvalue weighted by atomic mass is 35.5. The molecule has 1 aromatic rings. The number of aliphatic hydroxyl groups excluding tert-OH is 1. The number of aliphatic hydroxyl groups is 1. The third kappa shape index (κ3) is 3.08. The molecule has 0 radical (unpaired) electrons. The van der Waals surface area contributed by atoms with Crippen LogP contribution in [-0.2, 0) is 6.42 Å². The fourth-order valence-electron chi connectivity index (χ4n) is 1.34. The van der Waals surface area contributed by atoms with Crippen molar-refractivity contribution in [1.82, 2.24) is 0 Å². The van der Waals surface area contributed by atoms with Gasteiger partial charge in [-0.2, -0.15) is 0 Å². The van der Waals surface area contributed by atoms with Crippen molar-refractivity contribution in [3.05, 3.63) is 33.8 Å². The van der Waals surface area contributed by atoms with Crippen molar-refractivity contribution in [2.45, 2.75) is 13.3 Å². The Hall–Kier alpha value is -0.280. The minimum atomic E-state index is -0.339. The van der Waals surface area contributed by atoms with Crippen molar-refractivity contribution in [2.24, 2.45) is 11.1 Å². The van der Waals surface area contributed by atoms with Gasteiger partial charge in [0.1, 0.15) is 0 Å². The second-order valence-corrected chi connectivity index (χ2v) is 4.85. The number of rotatable bonds is 4. The lowest BCUT2D eigenvalue weighted by Gasteiger charge is -2.25. The first-order chi connectivity index (χ1) is 7.02. The molecular weight excluding hydrogens is 233 g/mol. The summed E-state index contributed by atoms with van der Waals surface area (Å²) in [6.45, 7) is 2.36. The van der Waals surface area contributed by atoms with E-state index >= 15 is 0 Å². The van der Waals surface area contributed by atoms with E-state index in [1.807, 2.05) is 19.1 Å². The van der Waals surface area contributed by atoms with Gasteiger partial charge in [-0.25, -0.2) is 0 Å². The molecule has 0 aliphatic heterocycles. The molecule has 15 heavy (non-hydrogen) atoms. The maximum Gasteiger partial charge on any atom is 0.0624 e. The Kier molecular flexibility index (Phi) is 4.41. The fraction of sp³-hybridized carbons (Fsp3) is 0.455. The van der Waals surface area contributed by atoms with Crippen molar-refractivity contribution >= 4 is 23.2 Å². The van der Waals surface area contributed by atoms with Gasteiger partial charge in [0.15, 0.2) is 0 Å². The van der Waals surface area contributed by atoms with Gasteiger partial charge >= 0.3 is 0 Å². The van der Waals surface area contributed by atoms with Crippen LogP contribution in [0.3, 0.4) is 0 Å². The molecule has 4 heteroatoms. The molecule has 0 aliphatic carbocycles. The summed E-state index contributed by atoms with van der Waals surface area (Å²) in [4.78, 5) is 0. The van der Waals surface area contributed by atoms with Gasteiger partial charge in [-0.1, -0.05) is 42.3 Å². The Balaban J connectivity index is 2.94. The maximum atomic E-state index is 9.25. The molecule has 1 unspecified atom stereocenters. The summed E-state index contributed by atoms with van der Waals surface area (Å²) < 4.78 is 0. The third-order valence-corrected chi connectivity index (χ3v) is 3.38. The molecule has 0 amide bonds. The summed E-state index contributed by atoms with van der Waals surface area (Å²) >= 11 is 12.0. The van der Waals surface area contributed by atoms with Gasteiger partial charge in [-0.3, -0.25) is 0 Å². The molecule has 84 valence electrons. The smallest absolute Gasteiger partial charge is 0.0624 e. The highest BCUT2D eigenvalue weighted by Crippen LogP contribution is 2.30. The van der Waals surface area contributed by atoms with Crippen LogP contribution >= 0.6 is 23.2 Å². The van der Waals surface area contributed by atoms with E-state index in [2.05, 4.69) is 0 Å². The van der Waals surface area contributed by atoms with Gasteiger partial charge < -0.3 is 10.8 Å².